The number of carbonyl (C=O) groups is 2. The van der Waals surface area contributed by atoms with E-state index >= 15 is 0 Å². The molecule has 27 heavy (non-hydrogen) atoms. The summed E-state index contributed by atoms with van der Waals surface area (Å²) < 4.78 is 5.58. The zero-order valence-corrected chi connectivity index (χ0v) is 15.3. The first-order valence-corrected chi connectivity index (χ1v) is 9.34. The van der Waals surface area contributed by atoms with Gasteiger partial charge in [0, 0.05) is 37.9 Å². The van der Waals surface area contributed by atoms with Gasteiger partial charge in [0.05, 0.1) is 13.0 Å². The maximum atomic E-state index is 12.3. The highest BCUT2D eigenvalue weighted by atomic mass is 16.5. The molecular weight excluding hydrogens is 342 g/mol. The molecule has 0 spiro atoms. The Morgan fingerprint density at radius 3 is 2.59 bits per heavy atom. The van der Waals surface area contributed by atoms with Crippen molar-refractivity contribution in [1.82, 2.24) is 15.2 Å². The van der Waals surface area contributed by atoms with Crippen molar-refractivity contribution in [3.05, 3.63) is 60.4 Å². The molecule has 1 N–H and O–H groups in total. The fraction of sp³-hybridized carbons (Fsp3) is 0.381. The lowest BCUT2D eigenvalue weighted by Crippen LogP contribution is -2.43. The average molecular weight is 367 g/mol. The Hall–Kier alpha value is -2.89. The van der Waals surface area contributed by atoms with Crippen molar-refractivity contribution in [1.29, 1.82) is 0 Å². The molecular formula is C21H25N3O3. The number of para-hydroxylation sites is 1. The van der Waals surface area contributed by atoms with E-state index in [9.17, 15) is 9.59 Å². The normalized spacial score (nSPS) is 14.6. The van der Waals surface area contributed by atoms with Crippen LogP contribution in [0.25, 0.3) is 0 Å². The molecule has 1 aromatic carbocycles. The number of aromatic nitrogens is 1. The predicted octanol–water partition coefficient (Wildman–Crippen LogP) is 2.41. The van der Waals surface area contributed by atoms with Gasteiger partial charge in [0.2, 0.25) is 11.8 Å². The highest BCUT2D eigenvalue weighted by Gasteiger charge is 2.27. The molecule has 2 heterocycles. The molecule has 0 unspecified atom stereocenters. The summed E-state index contributed by atoms with van der Waals surface area (Å²) in [6, 6.07) is 13.3. The zero-order valence-electron chi connectivity index (χ0n) is 15.3. The van der Waals surface area contributed by atoms with Gasteiger partial charge in [-0.15, -0.1) is 0 Å². The number of hydrogen-bond donors (Lipinski definition) is 1. The summed E-state index contributed by atoms with van der Waals surface area (Å²) in [7, 11) is 0. The van der Waals surface area contributed by atoms with Crippen LogP contribution in [-0.2, 0) is 16.1 Å². The van der Waals surface area contributed by atoms with Crippen molar-refractivity contribution < 1.29 is 14.3 Å². The van der Waals surface area contributed by atoms with Gasteiger partial charge in [0.1, 0.15) is 5.75 Å². The molecule has 1 aliphatic heterocycles. The number of hydrogen-bond acceptors (Lipinski definition) is 4. The Morgan fingerprint density at radius 2 is 1.89 bits per heavy atom. The van der Waals surface area contributed by atoms with Crippen LogP contribution in [0.4, 0.5) is 0 Å². The average Bonchev–Trinajstić information content (AvgIpc) is 2.73. The van der Waals surface area contributed by atoms with Gasteiger partial charge in [-0.05, 0) is 36.6 Å². The minimum Gasteiger partial charge on any atom is -0.493 e. The number of benzene rings is 1. The summed E-state index contributed by atoms with van der Waals surface area (Å²) in [5.41, 5.74) is 0.983. The first kappa shape index (κ1) is 18.9. The molecule has 1 saturated heterocycles. The molecule has 0 saturated carbocycles. The largest absolute Gasteiger partial charge is 0.493 e. The van der Waals surface area contributed by atoms with Crippen molar-refractivity contribution >= 4 is 11.8 Å². The van der Waals surface area contributed by atoms with Crippen LogP contribution >= 0.6 is 0 Å². The topological polar surface area (TPSA) is 71.5 Å². The third-order valence-corrected chi connectivity index (χ3v) is 4.74. The molecule has 1 aromatic heterocycles. The van der Waals surface area contributed by atoms with Crippen molar-refractivity contribution in [2.75, 3.05) is 19.7 Å². The predicted molar refractivity (Wildman–Crippen MR) is 102 cm³/mol. The van der Waals surface area contributed by atoms with Crippen LogP contribution in [0.2, 0.25) is 0 Å². The van der Waals surface area contributed by atoms with E-state index in [-0.39, 0.29) is 17.7 Å². The molecule has 1 fully saturated rings. The maximum Gasteiger partial charge on any atom is 0.225 e. The number of amides is 2. The second kappa shape index (κ2) is 9.71. The van der Waals surface area contributed by atoms with Crippen LogP contribution < -0.4 is 10.1 Å². The van der Waals surface area contributed by atoms with Crippen LogP contribution in [0.1, 0.15) is 24.8 Å². The summed E-state index contributed by atoms with van der Waals surface area (Å²) in [6.07, 6.45) is 5.21. The highest BCUT2D eigenvalue weighted by Crippen LogP contribution is 2.18. The molecule has 2 aromatic rings. The lowest BCUT2D eigenvalue weighted by atomic mass is 9.95. The molecule has 142 valence electrons. The van der Waals surface area contributed by atoms with E-state index in [1.807, 2.05) is 47.4 Å². The second-order valence-electron chi connectivity index (χ2n) is 6.65. The summed E-state index contributed by atoms with van der Waals surface area (Å²) in [6.45, 7) is 2.10. The molecule has 0 radical (unpaired) electrons. The number of ether oxygens (including phenoxy) is 1. The van der Waals surface area contributed by atoms with E-state index in [4.69, 9.17) is 4.74 Å². The highest BCUT2D eigenvalue weighted by molar-refractivity contribution is 5.80. The Kier molecular flexibility index (Phi) is 6.79. The van der Waals surface area contributed by atoms with Crippen molar-refractivity contribution in [2.24, 2.45) is 5.92 Å². The van der Waals surface area contributed by atoms with Gasteiger partial charge in [-0.1, -0.05) is 24.3 Å². The first-order chi connectivity index (χ1) is 13.2. The molecule has 6 nitrogen and oxygen atoms in total. The standard InChI is InChI=1S/C21H25N3O3/c25-20(10-14-27-19-6-2-1-3-7-19)24-12-8-18(9-13-24)21(26)23-16-17-5-4-11-22-15-17/h1-7,11,15,18H,8-10,12-14,16H2,(H,23,26). The van der Waals surface area contributed by atoms with Gasteiger partial charge in [0.15, 0.2) is 0 Å². The van der Waals surface area contributed by atoms with Crippen LogP contribution in [-0.4, -0.2) is 41.4 Å². The van der Waals surface area contributed by atoms with E-state index in [0.717, 1.165) is 11.3 Å². The van der Waals surface area contributed by atoms with Crippen LogP contribution in [0.3, 0.4) is 0 Å². The lowest BCUT2D eigenvalue weighted by molar-refractivity contribution is -0.136. The van der Waals surface area contributed by atoms with Gasteiger partial charge in [-0.2, -0.15) is 0 Å². The molecule has 3 rings (SSSR count). The van der Waals surface area contributed by atoms with Crippen LogP contribution in [0.5, 0.6) is 5.75 Å². The van der Waals surface area contributed by atoms with Gasteiger partial charge < -0.3 is 15.0 Å². The second-order valence-corrected chi connectivity index (χ2v) is 6.65. The van der Waals surface area contributed by atoms with Crippen LogP contribution in [0.15, 0.2) is 54.9 Å². The van der Waals surface area contributed by atoms with E-state index < -0.39 is 0 Å². The Labute approximate surface area is 159 Å². The minimum atomic E-state index is -0.0358. The van der Waals surface area contributed by atoms with Gasteiger partial charge in [0.25, 0.3) is 0 Å². The summed E-state index contributed by atoms with van der Waals surface area (Å²) in [4.78, 5) is 30.5. The monoisotopic (exact) mass is 367 g/mol. The molecule has 6 heteroatoms. The fourth-order valence-corrected chi connectivity index (χ4v) is 3.16. The number of rotatable bonds is 7. The van der Waals surface area contributed by atoms with Crippen LogP contribution in [0, 0.1) is 5.92 Å². The smallest absolute Gasteiger partial charge is 0.225 e. The lowest BCUT2D eigenvalue weighted by Gasteiger charge is -2.31. The van der Waals surface area contributed by atoms with Crippen molar-refractivity contribution in [3.63, 3.8) is 0 Å². The summed E-state index contributed by atoms with van der Waals surface area (Å²) in [5, 5.41) is 2.96. The van der Waals surface area contributed by atoms with E-state index in [1.165, 1.54) is 0 Å². The number of nitrogens with zero attached hydrogens (tertiary/aromatic N) is 2. The molecule has 0 atom stereocenters. The van der Waals surface area contributed by atoms with Crippen molar-refractivity contribution in [3.8, 4) is 5.75 Å². The number of likely N-dealkylation sites (tertiary alicyclic amines) is 1. The number of carbonyl (C=O) groups excluding carboxylic acids is 2. The van der Waals surface area contributed by atoms with Gasteiger partial charge >= 0.3 is 0 Å². The fourth-order valence-electron chi connectivity index (χ4n) is 3.16. The third kappa shape index (κ3) is 5.81. The number of pyridine rings is 1. The summed E-state index contributed by atoms with van der Waals surface area (Å²) in [5.74, 6) is 0.874. The molecule has 0 aliphatic carbocycles. The number of piperidine rings is 1. The SMILES string of the molecule is O=C(NCc1cccnc1)C1CCN(C(=O)CCOc2ccccc2)CC1. The summed E-state index contributed by atoms with van der Waals surface area (Å²) >= 11 is 0. The van der Waals surface area contributed by atoms with E-state index in [2.05, 4.69) is 10.3 Å². The minimum absolute atomic E-state index is 0.0358. The third-order valence-electron chi connectivity index (χ3n) is 4.74. The van der Waals surface area contributed by atoms with Crippen molar-refractivity contribution in [2.45, 2.75) is 25.8 Å². The van der Waals surface area contributed by atoms with Gasteiger partial charge in [-0.25, -0.2) is 0 Å². The first-order valence-electron chi connectivity index (χ1n) is 9.34. The van der Waals surface area contributed by atoms with Gasteiger partial charge in [-0.3, -0.25) is 14.6 Å². The Balaban J connectivity index is 1.35. The quantitative estimate of drug-likeness (QED) is 0.816. The molecule has 1 aliphatic rings. The zero-order chi connectivity index (χ0) is 18.9. The Bertz CT molecular complexity index is 729. The van der Waals surface area contributed by atoms with E-state index in [0.29, 0.717) is 45.5 Å². The maximum absolute atomic E-state index is 12.3. The number of nitrogens with one attached hydrogen (secondary N) is 1. The van der Waals surface area contributed by atoms with E-state index in [1.54, 1.807) is 12.4 Å². The molecule has 2 amide bonds. The Morgan fingerprint density at radius 1 is 1.11 bits per heavy atom. The molecule has 0 bridgehead atoms.